The van der Waals surface area contributed by atoms with Crippen LogP contribution < -0.4 is 14.8 Å². The lowest BCUT2D eigenvalue weighted by atomic mass is 9.95. The van der Waals surface area contributed by atoms with Crippen molar-refractivity contribution in [2.24, 2.45) is 7.05 Å². The monoisotopic (exact) mass is 423 g/mol. The molecule has 1 saturated carbocycles. The molecule has 3 rings (SSSR count). The fourth-order valence-corrected chi connectivity index (χ4v) is 3.94. The third-order valence-electron chi connectivity index (χ3n) is 5.11. The Morgan fingerprint density at radius 3 is 2.66 bits per heavy atom. The summed E-state index contributed by atoms with van der Waals surface area (Å²) in [7, 11) is 1.93. The van der Waals surface area contributed by atoms with Gasteiger partial charge >= 0.3 is 0 Å². The van der Waals surface area contributed by atoms with Gasteiger partial charge in [0.1, 0.15) is 17.4 Å². The number of nitrogens with zero attached hydrogens (tertiary/aromatic N) is 2. The minimum atomic E-state index is -0.0332. The van der Waals surface area contributed by atoms with Crippen molar-refractivity contribution in [3.8, 4) is 11.8 Å². The molecule has 7 nitrogen and oxygen atoms in total. The lowest BCUT2D eigenvalue weighted by Crippen LogP contribution is -2.37. The topological polar surface area (TPSA) is 74.6 Å². The summed E-state index contributed by atoms with van der Waals surface area (Å²) >= 11 is 6.38. The van der Waals surface area contributed by atoms with E-state index < -0.39 is 0 Å². The van der Waals surface area contributed by atoms with Crippen molar-refractivity contribution in [2.45, 2.75) is 64.7 Å². The normalized spacial score (nSPS) is 20.4. The van der Waals surface area contributed by atoms with E-state index >= 15 is 0 Å². The van der Waals surface area contributed by atoms with E-state index in [1.807, 2.05) is 31.5 Å². The molecule has 0 unspecified atom stereocenters. The lowest BCUT2D eigenvalue weighted by molar-refractivity contribution is -0.120. The number of rotatable bonds is 8. The maximum absolute atomic E-state index is 11.1. The number of hydrogen-bond acceptors (Lipinski definition) is 5. The molecular weight excluding hydrogens is 394 g/mol. The molecule has 1 atom stereocenters. The Balaban J connectivity index is 1.56. The standard InChI is InChI=1S/C21H30ClN3O4/c1-5-27-17-10-18(22)20-19(11-17)25(4)21(24-20)29-16-8-6-15(7-9-16)28-12-13(2)23-14(3)26/h10-11,13,15-16H,5-9,12H2,1-4H3,(H,23,26)/t13-,15-,16-/m0/s1. The molecule has 1 aromatic heterocycles. The zero-order valence-corrected chi connectivity index (χ0v) is 18.3. The average Bonchev–Trinajstić information content (AvgIpc) is 2.98. The lowest BCUT2D eigenvalue weighted by Gasteiger charge is -2.29. The smallest absolute Gasteiger partial charge is 0.297 e. The van der Waals surface area contributed by atoms with Gasteiger partial charge in [0.15, 0.2) is 0 Å². The Kier molecular flexibility index (Phi) is 7.24. The maximum Gasteiger partial charge on any atom is 0.297 e. The van der Waals surface area contributed by atoms with Crippen molar-refractivity contribution in [2.75, 3.05) is 13.2 Å². The summed E-state index contributed by atoms with van der Waals surface area (Å²) in [6.45, 7) is 6.52. The van der Waals surface area contributed by atoms with E-state index in [0.717, 1.165) is 42.5 Å². The highest BCUT2D eigenvalue weighted by molar-refractivity contribution is 6.35. The van der Waals surface area contributed by atoms with Gasteiger partial charge in [0.25, 0.3) is 6.01 Å². The van der Waals surface area contributed by atoms with Crippen molar-refractivity contribution in [1.82, 2.24) is 14.9 Å². The van der Waals surface area contributed by atoms with Gasteiger partial charge in [0.2, 0.25) is 5.91 Å². The Morgan fingerprint density at radius 1 is 1.31 bits per heavy atom. The molecule has 8 heteroatoms. The first-order chi connectivity index (χ1) is 13.9. The van der Waals surface area contributed by atoms with E-state index in [0.29, 0.717) is 24.2 Å². The number of ether oxygens (including phenoxy) is 3. The number of amides is 1. The van der Waals surface area contributed by atoms with Crippen molar-refractivity contribution in [3.05, 3.63) is 17.2 Å². The Hall–Kier alpha value is -1.99. The molecule has 1 amide bonds. The maximum atomic E-state index is 11.1. The number of nitrogens with one attached hydrogen (secondary N) is 1. The molecular formula is C21H30ClN3O4. The third-order valence-corrected chi connectivity index (χ3v) is 5.40. The molecule has 0 bridgehead atoms. The van der Waals surface area contributed by atoms with Crippen LogP contribution in [0.25, 0.3) is 11.0 Å². The van der Waals surface area contributed by atoms with E-state index in [1.165, 1.54) is 6.92 Å². The number of imidazole rings is 1. The molecule has 0 radical (unpaired) electrons. The number of halogens is 1. The van der Waals surface area contributed by atoms with Gasteiger partial charge in [0.05, 0.1) is 29.9 Å². The van der Waals surface area contributed by atoms with Crippen molar-refractivity contribution >= 4 is 28.5 Å². The van der Waals surface area contributed by atoms with Crippen LogP contribution in [0.15, 0.2) is 12.1 Å². The van der Waals surface area contributed by atoms with Gasteiger partial charge in [0, 0.05) is 32.1 Å². The minimum absolute atomic E-state index is 0.0211. The first kappa shape index (κ1) is 21.7. The molecule has 1 N–H and O–H groups in total. The van der Waals surface area contributed by atoms with E-state index in [-0.39, 0.29) is 24.2 Å². The van der Waals surface area contributed by atoms with Crippen LogP contribution in [-0.4, -0.2) is 46.9 Å². The largest absolute Gasteiger partial charge is 0.494 e. The van der Waals surface area contributed by atoms with Gasteiger partial charge in [-0.2, -0.15) is 4.98 Å². The van der Waals surface area contributed by atoms with Crippen LogP contribution in [0, 0.1) is 0 Å². The van der Waals surface area contributed by atoms with Crippen LogP contribution in [-0.2, 0) is 16.6 Å². The summed E-state index contributed by atoms with van der Waals surface area (Å²) in [6.07, 6.45) is 3.96. The van der Waals surface area contributed by atoms with Crippen molar-refractivity contribution in [1.29, 1.82) is 0 Å². The highest BCUT2D eigenvalue weighted by atomic mass is 35.5. The van der Waals surface area contributed by atoms with Crippen LogP contribution in [0.2, 0.25) is 5.02 Å². The molecule has 29 heavy (non-hydrogen) atoms. The van der Waals surface area contributed by atoms with Gasteiger partial charge in [-0.05, 0) is 39.5 Å². The van der Waals surface area contributed by atoms with Gasteiger partial charge in [-0.1, -0.05) is 11.6 Å². The van der Waals surface area contributed by atoms with Crippen LogP contribution in [0.1, 0.15) is 46.5 Å². The number of fused-ring (bicyclic) bond motifs is 1. The average molecular weight is 424 g/mol. The molecule has 0 saturated heterocycles. The van der Waals surface area contributed by atoms with Crippen LogP contribution in [0.3, 0.4) is 0 Å². The van der Waals surface area contributed by atoms with Crippen LogP contribution in [0.4, 0.5) is 0 Å². The zero-order chi connectivity index (χ0) is 21.0. The SMILES string of the molecule is CCOc1cc(Cl)c2nc(O[C@H]3CC[C@H](OC[C@H](C)NC(C)=O)CC3)n(C)c2c1. The second kappa shape index (κ2) is 9.67. The summed E-state index contributed by atoms with van der Waals surface area (Å²) in [5.41, 5.74) is 1.61. The Morgan fingerprint density at radius 2 is 2.00 bits per heavy atom. The molecule has 1 aromatic carbocycles. The second-order valence-corrected chi connectivity index (χ2v) is 8.02. The fraction of sp³-hybridized carbons (Fsp3) is 0.619. The predicted molar refractivity (Wildman–Crippen MR) is 113 cm³/mol. The number of aromatic nitrogens is 2. The zero-order valence-electron chi connectivity index (χ0n) is 17.5. The van der Waals surface area contributed by atoms with Gasteiger partial charge < -0.3 is 19.5 Å². The summed E-state index contributed by atoms with van der Waals surface area (Å²) in [5.74, 6) is 0.694. The Bertz CT molecular complexity index is 846. The van der Waals surface area contributed by atoms with Crippen molar-refractivity contribution in [3.63, 3.8) is 0 Å². The van der Waals surface area contributed by atoms with Gasteiger partial charge in [-0.25, -0.2) is 0 Å². The Labute approximate surface area is 176 Å². The fourth-order valence-electron chi connectivity index (χ4n) is 3.69. The van der Waals surface area contributed by atoms with Crippen molar-refractivity contribution < 1.29 is 19.0 Å². The summed E-state index contributed by atoms with van der Waals surface area (Å²) < 4.78 is 19.6. The summed E-state index contributed by atoms with van der Waals surface area (Å²) in [5, 5.41) is 3.40. The summed E-state index contributed by atoms with van der Waals surface area (Å²) in [4.78, 5) is 15.7. The third kappa shape index (κ3) is 5.54. The number of hydrogen-bond donors (Lipinski definition) is 1. The number of benzene rings is 1. The highest BCUT2D eigenvalue weighted by Gasteiger charge is 2.25. The minimum Gasteiger partial charge on any atom is -0.494 e. The summed E-state index contributed by atoms with van der Waals surface area (Å²) in [6, 6.07) is 4.31. The molecule has 1 fully saturated rings. The number of carbonyl (C=O) groups excluding carboxylic acids is 1. The molecule has 0 aliphatic heterocycles. The van der Waals surface area contributed by atoms with E-state index in [2.05, 4.69) is 10.3 Å². The molecule has 2 aromatic rings. The predicted octanol–water partition coefficient (Wildman–Crippen LogP) is 3.86. The van der Waals surface area contributed by atoms with Gasteiger partial charge in [-0.3, -0.25) is 9.36 Å². The van der Waals surface area contributed by atoms with Gasteiger partial charge in [-0.15, -0.1) is 0 Å². The molecule has 1 aliphatic carbocycles. The van der Waals surface area contributed by atoms with Crippen LogP contribution >= 0.6 is 11.6 Å². The second-order valence-electron chi connectivity index (χ2n) is 7.61. The molecule has 160 valence electrons. The molecule has 1 heterocycles. The van der Waals surface area contributed by atoms with E-state index in [4.69, 9.17) is 25.8 Å². The first-order valence-corrected chi connectivity index (χ1v) is 10.6. The van der Waals surface area contributed by atoms with E-state index in [9.17, 15) is 4.79 Å². The molecule has 1 aliphatic rings. The molecule has 0 spiro atoms. The van der Waals surface area contributed by atoms with Crippen LogP contribution in [0.5, 0.6) is 11.8 Å². The first-order valence-electron chi connectivity index (χ1n) is 10.2. The number of aryl methyl sites for hydroxylation is 1. The quantitative estimate of drug-likeness (QED) is 0.697. The highest BCUT2D eigenvalue weighted by Crippen LogP contribution is 2.33. The number of carbonyl (C=O) groups is 1. The van der Waals surface area contributed by atoms with E-state index in [1.54, 1.807) is 6.07 Å².